The molecular weight excluding hydrogens is 432 g/mol. The Labute approximate surface area is 193 Å². The minimum atomic E-state index is -0.350. The molecule has 0 bridgehead atoms. The molecule has 0 aliphatic heterocycles. The third-order valence-electron chi connectivity index (χ3n) is 4.55. The summed E-state index contributed by atoms with van der Waals surface area (Å²) in [6.07, 6.45) is 3.06. The van der Waals surface area contributed by atoms with Crippen LogP contribution in [0.2, 0.25) is 5.02 Å². The van der Waals surface area contributed by atoms with E-state index in [1.165, 1.54) is 6.08 Å². The fourth-order valence-electron chi connectivity index (χ4n) is 2.74. The molecule has 2 aromatic carbocycles. The third kappa shape index (κ3) is 8.88. The number of halogens is 1. The fraction of sp³-hybridized carbons (Fsp3) is 0.261. The first-order valence-corrected chi connectivity index (χ1v) is 10.9. The van der Waals surface area contributed by atoms with Crippen LogP contribution in [0.4, 0.5) is 5.69 Å². The number of carbonyl (C=O) groups is 2. The van der Waals surface area contributed by atoms with Gasteiger partial charge in [0.2, 0.25) is 5.91 Å². The highest BCUT2D eigenvalue weighted by molar-refractivity contribution is 7.80. The van der Waals surface area contributed by atoms with Crippen molar-refractivity contribution < 1.29 is 9.59 Å². The van der Waals surface area contributed by atoms with Crippen molar-refractivity contribution in [2.75, 3.05) is 31.5 Å². The van der Waals surface area contributed by atoms with E-state index in [0.29, 0.717) is 22.8 Å². The lowest BCUT2D eigenvalue weighted by atomic mass is 10.2. The van der Waals surface area contributed by atoms with Gasteiger partial charge in [0.15, 0.2) is 5.11 Å². The van der Waals surface area contributed by atoms with Gasteiger partial charge in [-0.3, -0.25) is 14.9 Å². The summed E-state index contributed by atoms with van der Waals surface area (Å²) in [6.45, 7) is 7.53. The topological polar surface area (TPSA) is 73.5 Å². The van der Waals surface area contributed by atoms with Gasteiger partial charge in [-0.05, 0) is 73.3 Å². The lowest BCUT2D eigenvalue weighted by Crippen LogP contribution is -2.34. The maximum atomic E-state index is 12.2. The maximum Gasteiger partial charge on any atom is 0.251 e. The Kier molecular flexibility index (Phi) is 10.2. The number of anilines is 1. The highest BCUT2D eigenvalue weighted by Gasteiger charge is 2.07. The summed E-state index contributed by atoms with van der Waals surface area (Å²) >= 11 is 11.0. The van der Waals surface area contributed by atoms with Gasteiger partial charge in [-0.2, -0.15) is 0 Å². The summed E-state index contributed by atoms with van der Waals surface area (Å²) < 4.78 is 0. The van der Waals surface area contributed by atoms with E-state index in [1.54, 1.807) is 42.5 Å². The van der Waals surface area contributed by atoms with Gasteiger partial charge in [-0.15, -0.1) is 0 Å². The molecule has 8 heteroatoms. The van der Waals surface area contributed by atoms with Gasteiger partial charge >= 0.3 is 0 Å². The summed E-state index contributed by atoms with van der Waals surface area (Å²) in [5.74, 6) is -0.474. The second-order valence-corrected chi connectivity index (χ2v) is 7.53. The zero-order valence-electron chi connectivity index (χ0n) is 17.7. The number of rotatable bonds is 9. The highest BCUT2D eigenvalue weighted by Crippen LogP contribution is 2.11. The second kappa shape index (κ2) is 12.8. The smallest absolute Gasteiger partial charge is 0.251 e. The van der Waals surface area contributed by atoms with Crippen LogP contribution in [0.1, 0.15) is 29.8 Å². The number of thiocarbonyl (C=S) groups is 1. The minimum Gasteiger partial charge on any atom is -0.351 e. The maximum absolute atomic E-state index is 12.2. The second-order valence-electron chi connectivity index (χ2n) is 6.69. The van der Waals surface area contributed by atoms with Crippen LogP contribution in [-0.2, 0) is 4.79 Å². The number of hydrogen-bond donors (Lipinski definition) is 3. The number of benzene rings is 2. The molecule has 0 unspecified atom stereocenters. The van der Waals surface area contributed by atoms with Gasteiger partial charge in [0.05, 0.1) is 0 Å². The van der Waals surface area contributed by atoms with E-state index in [2.05, 4.69) is 34.7 Å². The molecule has 2 rings (SSSR count). The molecule has 0 spiro atoms. The van der Waals surface area contributed by atoms with Crippen molar-refractivity contribution in [2.45, 2.75) is 13.8 Å². The summed E-state index contributed by atoms with van der Waals surface area (Å²) in [6, 6.07) is 14.0. The molecule has 6 nitrogen and oxygen atoms in total. The van der Waals surface area contributed by atoms with Crippen molar-refractivity contribution in [3.05, 3.63) is 70.8 Å². The Morgan fingerprint density at radius 1 is 1.03 bits per heavy atom. The van der Waals surface area contributed by atoms with Crippen LogP contribution in [0, 0.1) is 0 Å². The lowest BCUT2D eigenvalue weighted by Gasteiger charge is -2.18. The molecule has 2 aromatic rings. The van der Waals surface area contributed by atoms with E-state index in [4.69, 9.17) is 23.8 Å². The van der Waals surface area contributed by atoms with E-state index >= 15 is 0 Å². The van der Waals surface area contributed by atoms with Gasteiger partial charge in [0.1, 0.15) is 0 Å². The van der Waals surface area contributed by atoms with Crippen LogP contribution in [0.3, 0.4) is 0 Å². The average molecular weight is 459 g/mol. The predicted octanol–water partition coefficient (Wildman–Crippen LogP) is 3.94. The van der Waals surface area contributed by atoms with Crippen LogP contribution < -0.4 is 16.0 Å². The minimum absolute atomic E-state index is 0.123. The molecule has 0 aromatic heterocycles. The Bertz CT molecular complexity index is 910. The number of carbonyl (C=O) groups excluding carboxylic acids is 2. The summed E-state index contributed by atoms with van der Waals surface area (Å²) in [5.41, 5.74) is 2.09. The van der Waals surface area contributed by atoms with Gasteiger partial charge in [-0.1, -0.05) is 37.6 Å². The molecule has 0 aliphatic rings. The Morgan fingerprint density at radius 3 is 2.29 bits per heavy atom. The van der Waals surface area contributed by atoms with Crippen molar-refractivity contribution in [1.29, 1.82) is 0 Å². The largest absolute Gasteiger partial charge is 0.351 e. The molecule has 0 saturated heterocycles. The zero-order valence-corrected chi connectivity index (χ0v) is 19.2. The molecule has 0 radical (unpaired) electrons. The summed E-state index contributed by atoms with van der Waals surface area (Å²) in [5, 5.41) is 9.23. The Hall–Kier alpha value is -2.74. The van der Waals surface area contributed by atoms with Crippen LogP contribution in [0.15, 0.2) is 54.6 Å². The number of amides is 2. The number of nitrogens with zero attached hydrogens (tertiary/aromatic N) is 1. The van der Waals surface area contributed by atoms with Crippen LogP contribution in [0.5, 0.6) is 0 Å². The summed E-state index contributed by atoms with van der Waals surface area (Å²) in [7, 11) is 0. The van der Waals surface area contributed by atoms with Gasteiger partial charge in [0.25, 0.3) is 5.91 Å². The SMILES string of the molecule is CCN(CC)CCNC(=O)c1ccc(NC(=S)NC(=O)/C=C/c2ccc(Cl)cc2)cc1. The molecular formula is C23H27ClN4O2S. The molecule has 0 heterocycles. The van der Waals surface area contributed by atoms with Gasteiger partial charge in [0, 0.05) is 35.4 Å². The quantitative estimate of drug-likeness (QED) is 0.392. The van der Waals surface area contributed by atoms with E-state index in [1.807, 2.05) is 12.1 Å². The first-order chi connectivity index (χ1) is 14.9. The van der Waals surface area contributed by atoms with Crippen molar-refractivity contribution >= 4 is 52.5 Å². The number of hydrogen-bond acceptors (Lipinski definition) is 4. The fourth-order valence-corrected chi connectivity index (χ4v) is 3.08. The third-order valence-corrected chi connectivity index (χ3v) is 5.00. The van der Waals surface area contributed by atoms with Gasteiger partial charge < -0.3 is 15.5 Å². The Morgan fingerprint density at radius 2 is 1.68 bits per heavy atom. The van der Waals surface area contributed by atoms with Crippen LogP contribution in [-0.4, -0.2) is 48.0 Å². The molecule has 0 fully saturated rings. The molecule has 2 amide bonds. The van der Waals surface area contributed by atoms with Crippen molar-refractivity contribution in [3.63, 3.8) is 0 Å². The van der Waals surface area contributed by atoms with Crippen LogP contribution >= 0.6 is 23.8 Å². The van der Waals surface area contributed by atoms with Crippen molar-refractivity contribution in [3.8, 4) is 0 Å². The van der Waals surface area contributed by atoms with Crippen molar-refractivity contribution in [1.82, 2.24) is 15.5 Å². The van der Waals surface area contributed by atoms with Crippen LogP contribution in [0.25, 0.3) is 6.08 Å². The first-order valence-electron chi connectivity index (χ1n) is 10.1. The number of likely N-dealkylation sites (N-methyl/N-ethyl adjacent to an activating group) is 1. The standard InChI is InChI=1S/C23H27ClN4O2S/c1-3-28(4-2)16-15-25-22(30)18-8-12-20(13-9-18)26-23(31)27-21(29)14-7-17-5-10-19(24)11-6-17/h5-14H,3-4,15-16H2,1-2H3,(H,25,30)(H2,26,27,29,31)/b14-7+. The van der Waals surface area contributed by atoms with E-state index < -0.39 is 0 Å². The zero-order chi connectivity index (χ0) is 22.6. The monoisotopic (exact) mass is 458 g/mol. The molecule has 164 valence electrons. The molecule has 31 heavy (non-hydrogen) atoms. The molecule has 0 atom stereocenters. The molecule has 0 aliphatic carbocycles. The normalized spacial score (nSPS) is 10.8. The van der Waals surface area contributed by atoms with Gasteiger partial charge in [-0.25, -0.2) is 0 Å². The number of nitrogens with one attached hydrogen (secondary N) is 3. The average Bonchev–Trinajstić information content (AvgIpc) is 2.76. The predicted molar refractivity (Wildman–Crippen MR) is 131 cm³/mol. The Balaban J connectivity index is 1.79. The first kappa shape index (κ1) is 24.5. The van der Waals surface area contributed by atoms with E-state index in [-0.39, 0.29) is 16.9 Å². The summed E-state index contributed by atoms with van der Waals surface area (Å²) in [4.78, 5) is 26.5. The lowest BCUT2D eigenvalue weighted by molar-refractivity contribution is -0.115. The van der Waals surface area contributed by atoms with E-state index in [9.17, 15) is 9.59 Å². The molecule has 3 N–H and O–H groups in total. The highest BCUT2D eigenvalue weighted by atomic mass is 35.5. The van der Waals surface area contributed by atoms with E-state index in [0.717, 1.165) is 25.2 Å². The van der Waals surface area contributed by atoms with Crippen molar-refractivity contribution in [2.24, 2.45) is 0 Å². The molecule has 0 saturated carbocycles.